The lowest BCUT2D eigenvalue weighted by Gasteiger charge is -2.26. The van der Waals surface area contributed by atoms with Crippen molar-refractivity contribution in [1.82, 2.24) is 4.90 Å². The summed E-state index contributed by atoms with van der Waals surface area (Å²) in [7, 11) is 0. The van der Waals surface area contributed by atoms with Crippen LogP contribution in [-0.4, -0.2) is 22.5 Å². The third-order valence-corrected chi connectivity index (χ3v) is 4.32. The number of halogens is 1. The number of thiocarbonyl (C=S) groups is 1. The van der Waals surface area contributed by atoms with Crippen molar-refractivity contribution in [2.75, 3.05) is 11.9 Å². The molecule has 6 heteroatoms. The second-order valence-electron chi connectivity index (χ2n) is 5.52. The number of hydrogen-bond donors (Lipinski definition) is 2. The standard InChI is InChI=1S/C18H20ClN3OS/c1-13-7-8-15(11-16(13)19)21-18(24)22(10-9-17(20)23)12-14-5-3-2-4-6-14/h2-8,11H,9-10,12H2,1H3,(H2,20,23)(H,21,24). The minimum atomic E-state index is -0.353. The highest BCUT2D eigenvalue weighted by atomic mass is 35.5. The molecule has 0 saturated heterocycles. The highest BCUT2D eigenvalue weighted by Crippen LogP contribution is 2.20. The van der Waals surface area contributed by atoms with E-state index in [1.807, 2.05) is 60.4 Å². The second-order valence-corrected chi connectivity index (χ2v) is 6.31. The van der Waals surface area contributed by atoms with E-state index in [0.717, 1.165) is 16.8 Å². The van der Waals surface area contributed by atoms with Gasteiger partial charge in [-0.3, -0.25) is 4.79 Å². The Hall–Kier alpha value is -2.11. The van der Waals surface area contributed by atoms with Crippen molar-refractivity contribution in [1.29, 1.82) is 0 Å². The molecule has 126 valence electrons. The number of carbonyl (C=O) groups excluding carboxylic acids is 1. The first-order valence-electron chi connectivity index (χ1n) is 7.60. The zero-order valence-electron chi connectivity index (χ0n) is 13.5. The predicted molar refractivity (Wildman–Crippen MR) is 103 cm³/mol. The van der Waals surface area contributed by atoms with Crippen molar-refractivity contribution in [2.45, 2.75) is 19.9 Å². The molecule has 4 nitrogen and oxygen atoms in total. The van der Waals surface area contributed by atoms with Crippen molar-refractivity contribution in [2.24, 2.45) is 5.73 Å². The van der Waals surface area contributed by atoms with Crippen LogP contribution in [0.1, 0.15) is 17.5 Å². The summed E-state index contributed by atoms with van der Waals surface area (Å²) in [6.07, 6.45) is 0.239. The zero-order valence-corrected chi connectivity index (χ0v) is 15.0. The molecular formula is C18H20ClN3OS. The lowest BCUT2D eigenvalue weighted by Crippen LogP contribution is -2.36. The van der Waals surface area contributed by atoms with Gasteiger partial charge in [0.1, 0.15) is 0 Å². The summed E-state index contributed by atoms with van der Waals surface area (Å²) in [4.78, 5) is 13.1. The molecular weight excluding hydrogens is 342 g/mol. The fourth-order valence-electron chi connectivity index (χ4n) is 2.17. The van der Waals surface area contributed by atoms with Gasteiger partial charge < -0.3 is 16.0 Å². The van der Waals surface area contributed by atoms with Crippen LogP contribution in [0.4, 0.5) is 5.69 Å². The number of rotatable bonds is 6. The Labute approximate surface area is 152 Å². The van der Waals surface area contributed by atoms with Crippen LogP contribution in [0.25, 0.3) is 0 Å². The van der Waals surface area contributed by atoms with Crippen LogP contribution in [0.2, 0.25) is 5.02 Å². The molecule has 0 radical (unpaired) electrons. The number of amides is 1. The van der Waals surface area contributed by atoms with Gasteiger partial charge in [0.05, 0.1) is 0 Å². The van der Waals surface area contributed by atoms with E-state index in [-0.39, 0.29) is 12.3 Å². The highest BCUT2D eigenvalue weighted by molar-refractivity contribution is 7.80. The van der Waals surface area contributed by atoms with Crippen LogP contribution in [0.3, 0.4) is 0 Å². The van der Waals surface area contributed by atoms with Gasteiger partial charge in [0.15, 0.2) is 5.11 Å². The fraction of sp³-hybridized carbons (Fsp3) is 0.222. The van der Waals surface area contributed by atoms with Gasteiger partial charge in [-0.05, 0) is 42.4 Å². The molecule has 0 unspecified atom stereocenters. The van der Waals surface area contributed by atoms with E-state index >= 15 is 0 Å². The van der Waals surface area contributed by atoms with E-state index in [1.54, 1.807) is 0 Å². The lowest BCUT2D eigenvalue weighted by molar-refractivity contribution is -0.118. The minimum absolute atomic E-state index is 0.239. The molecule has 24 heavy (non-hydrogen) atoms. The van der Waals surface area contributed by atoms with Crippen LogP contribution >= 0.6 is 23.8 Å². The topological polar surface area (TPSA) is 58.4 Å². The maximum absolute atomic E-state index is 11.1. The van der Waals surface area contributed by atoms with E-state index in [9.17, 15) is 4.79 Å². The number of nitrogens with zero attached hydrogens (tertiary/aromatic N) is 1. The van der Waals surface area contributed by atoms with E-state index in [1.165, 1.54) is 0 Å². The molecule has 1 amide bonds. The Balaban J connectivity index is 2.10. The van der Waals surface area contributed by atoms with E-state index in [0.29, 0.717) is 23.2 Å². The summed E-state index contributed by atoms with van der Waals surface area (Å²) in [5.74, 6) is -0.353. The molecule has 0 aliphatic rings. The van der Waals surface area contributed by atoms with Gasteiger partial charge in [-0.15, -0.1) is 0 Å². The van der Waals surface area contributed by atoms with Gasteiger partial charge in [-0.25, -0.2) is 0 Å². The van der Waals surface area contributed by atoms with Crippen molar-refractivity contribution in [3.63, 3.8) is 0 Å². The Morgan fingerprint density at radius 2 is 1.96 bits per heavy atom. The summed E-state index contributed by atoms with van der Waals surface area (Å²) >= 11 is 11.7. The summed E-state index contributed by atoms with van der Waals surface area (Å²) in [6, 6.07) is 15.6. The molecule has 2 aromatic rings. The first-order valence-corrected chi connectivity index (χ1v) is 8.38. The lowest BCUT2D eigenvalue weighted by atomic mass is 10.2. The quantitative estimate of drug-likeness (QED) is 0.770. The molecule has 0 aliphatic heterocycles. The summed E-state index contributed by atoms with van der Waals surface area (Å²) in [5, 5.41) is 4.38. The Morgan fingerprint density at radius 1 is 1.25 bits per heavy atom. The molecule has 0 atom stereocenters. The summed E-state index contributed by atoms with van der Waals surface area (Å²) in [5.41, 5.74) is 8.20. The van der Waals surface area contributed by atoms with Crippen LogP contribution in [0, 0.1) is 6.92 Å². The fourth-order valence-corrected chi connectivity index (χ4v) is 2.63. The van der Waals surface area contributed by atoms with E-state index in [4.69, 9.17) is 29.6 Å². The Morgan fingerprint density at radius 3 is 2.58 bits per heavy atom. The molecule has 0 heterocycles. The number of anilines is 1. The van der Waals surface area contributed by atoms with E-state index in [2.05, 4.69) is 5.32 Å². The first-order chi connectivity index (χ1) is 11.5. The molecule has 0 spiro atoms. The van der Waals surface area contributed by atoms with E-state index < -0.39 is 0 Å². The number of hydrogen-bond acceptors (Lipinski definition) is 2. The van der Waals surface area contributed by atoms with Gasteiger partial charge >= 0.3 is 0 Å². The maximum atomic E-state index is 11.1. The van der Waals surface area contributed by atoms with Gasteiger partial charge in [0, 0.05) is 30.2 Å². The van der Waals surface area contributed by atoms with Crippen LogP contribution in [0.15, 0.2) is 48.5 Å². The zero-order chi connectivity index (χ0) is 17.5. The number of carbonyl (C=O) groups is 1. The smallest absolute Gasteiger partial charge is 0.219 e. The Kier molecular flexibility index (Phi) is 6.58. The molecule has 3 N–H and O–H groups in total. The molecule has 2 rings (SSSR count). The predicted octanol–water partition coefficient (Wildman–Crippen LogP) is 3.72. The Bertz CT molecular complexity index is 721. The molecule has 0 bridgehead atoms. The first kappa shape index (κ1) is 18.2. The minimum Gasteiger partial charge on any atom is -0.370 e. The highest BCUT2D eigenvalue weighted by Gasteiger charge is 2.12. The van der Waals surface area contributed by atoms with Crippen LogP contribution < -0.4 is 11.1 Å². The van der Waals surface area contributed by atoms with Crippen molar-refractivity contribution >= 4 is 40.5 Å². The average Bonchev–Trinajstić information content (AvgIpc) is 2.55. The third-order valence-electron chi connectivity index (χ3n) is 3.55. The number of primary amides is 1. The number of nitrogens with two attached hydrogens (primary N) is 1. The monoisotopic (exact) mass is 361 g/mol. The van der Waals surface area contributed by atoms with Crippen molar-refractivity contribution in [3.05, 3.63) is 64.7 Å². The largest absolute Gasteiger partial charge is 0.370 e. The van der Waals surface area contributed by atoms with Gasteiger partial charge in [0.2, 0.25) is 5.91 Å². The molecule has 2 aromatic carbocycles. The molecule has 0 aromatic heterocycles. The summed E-state index contributed by atoms with van der Waals surface area (Å²) < 4.78 is 0. The SMILES string of the molecule is Cc1ccc(NC(=S)N(CCC(N)=O)Cc2ccccc2)cc1Cl. The number of aryl methyl sites for hydroxylation is 1. The number of benzene rings is 2. The van der Waals surface area contributed by atoms with Gasteiger partial charge in [-0.2, -0.15) is 0 Å². The van der Waals surface area contributed by atoms with Crippen molar-refractivity contribution < 1.29 is 4.79 Å². The van der Waals surface area contributed by atoms with Gasteiger partial charge in [-0.1, -0.05) is 48.0 Å². The molecule has 0 saturated carbocycles. The van der Waals surface area contributed by atoms with Gasteiger partial charge in [0.25, 0.3) is 0 Å². The van der Waals surface area contributed by atoms with Crippen LogP contribution in [0.5, 0.6) is 0 Å². The van der Waals surface area contributed by atoms with Crippen molar-refractivity contribution in [3.8, 4) is 0 Å². The second kappa shape index (κ2) is 8.66. The molecule has 0 fully saturated rings. The number of nitrogens with one attached hydrogen (secondary N) is 1. The average molecular weight is 362 g/mol. The van der Waals surface area contributed by atoms with Crippen LogP contribution in [-0.2, 0) is 11.3 Å². The summed E-state index contributed by atoms with van der Waals surface area (Å²) in [6.45, 7) is 2.99. The third kappa shape index (κ3) is 5.51. The molecule has 0 aliphatic carbocycles. The normalized spacial score (nSPS) is 10.2. The maximum Gasteiger partial charge on any atom is 0.219 e.